The Morgan fingerprint density at radius 1 is 1.26 bits per heavy atom. The quantitative estimate of drug-likeness (QED) is 0.439. The normalized spacial score (nSPS) is 20.3. The first-order valence-electron chi connectivity index (χ1n) is 12.0. The number of likely N-dealkylation sites (tertiary alicyclic amines) is 1. The number of hydrogen-bond donors (Lipinski definition) is 2. The Balaban J connectivity index is 1.44. The van der Waals surface area contributed by atoms with Crippen LogP contribution in [0.3, 0.4) is 0 Å². The third kappa shape index (κ3) is 5.22. The number of ether oxygens (including phenoxy) is 1. The van der Waals surface area contributed by atoms with Crippen molar-refractivity contribution in [3.05, 3.63) is 70.7 Å². The largest absolute Gasteiger partial charge is 0.481 e. The molecule has 4 heterocycles. The number of hydrazine groups is 1. The van der Waals surface area contributed by atoms with Gasteiger partial charge in [-0.1, -0.05) is 12.1 Å². The molecule has 0 radical (unpaired) electrons. The highest BCUT2D eigenvalue weighted by Gasteiger charge is 2.46. The first-order valence-corrected chi connectivity index (χ1v) is 12.0. The summed E-state index contributed by atoms with van der Waals surface area (Å²) in [4.78, 5) is 28.0. The molecule has 0 spiro atoms. The first-order chi connectivity index (χ1) is 18.1. The fraction of sp³-hybridized carbons (Fsp3) is 0.346. The number of nitrogens with one attached hydrogen (secondary N) is 1. The molecule has 0 aliphatic carbocycles. The lowest BCUT2D eigenvalue weighted by Crippen LogP contribution is -2.59. The van der Waals surface area contributed by atoms with Gasteiger partial charge in [-0.15, -0.1) is 0 Å². The lowest BCUT2D eigenvalue weighted by Gasteiger charge is -2.38. The van der Waals surface area contributed by atoms with Crippen LogP contribution in [0, 0.1) is 5.82 Å². The maximum absolute atomic E-state index is 14.4. The van der Waals surface area contributed by atoms with Gasteiger partial charge in [0.25, 0.3) is 11.8 Å². The second kappa shape index (κ2) is 10.1. The van der Waals surface area contributed by atoms with Gasteiger partial charge in [0, 0.05) is 23.4 Å². The number of hydrogen-bond acceptors (Lipinski definition) is 8. The summed E-state index contributed by atoms with van der Waals surface area (Å²) in [6.45, 7) is 0.632. The van der Waals surface area contributed by atoms with Crippen LogP contribution in [0.2, 0.25) is 0 Å². The number of dihydropyridines is 1. The van der Waals surface area contributed by atoms with Crippen molar-refractivity contribution in [1.82, 2.24) is 20.4 Å². The van der Waals surface area contributed by atoms with Crippen LogP contribution in [-0.4, -0.2) is 65.9 Å². The Kier molecular flexibility index (Phi) is 6.84. The number of amidine groups is 1. The van der Waals surface area contributed by atoms with Crippen molar-refractivity contribution in [2.24, 2.45) is 10.8 Å². The second-order valence-corrected chi connectivity index (χ2v) is 9.45. The van der Waals surface area contributed by atoms with Crippen LogP contribution in [0.1, 0.15) is 24.9 Å². The van der Waals surface area contributed by atoms with Gasteiger partial charge >= 0.3 is 0 Å². The summed E-state index contributed by atoms with van der Waals surface area (Å²) in [5.74, 6) is 3.02. The number of pyridine rings is 1. The summed E-state index contributed by atoms with van der Waals surface area (Å²) < 4.78 is 45.8. The van der Waals surface area contributed by atoms with E-state index in [1.165, 1.54) is 19.2 Å². The third-order valence-corrected chi connectivity index (χ3v) is 6.59. The van der Waals surface area contributed by atoms with Gasteiger partial charge < -0.3 is 14.6 Å². The maximum atomic E-state index is 14.4. The van der Waals surface area contributed by atoms with Gasteiger partial charge in [0.15, 0.2) is 12.4 Å². The molecule has 1 amide bonds. The zero-order valence-corrected chi connectivity index (χ0v) is 20.9. The molecule has 2 aromatic rings. The molecule has 200 valence electrons. The monoisotopic (exact) mass is 528 g/mol. The van der Waals surface area contributed by atoms with Crippen LogP contribution < -0.4 is 16.1 Å². The number of hydroxylamine groups is 1. The van der Waals surface area contributed by atoms with Crippen molar-refractivity contribution in [1.29, 1.82) is 0 Å². The molecule has 9 nitrogen and oxygen atoms in total. The molecular formula is C26H27F3N6O3. The van der Waals surface area contributed by atoms with Crippen molar-refractivity contribution >= 4 is 11.7 Å². The summed E-state index contributed by atoms with van der Waals surface area (Å²) in [7, 11) is 1.51. The van der Waals surface area contributed by atoms with E-state index in [0.717, 1.165) is 27.2 Å². The Bertz CT molecular complexity index is 1350. The first kappa shape index (κ1) is 25.7. The van der Waals surface area contributed by atoms with E-state index in [0.29, 0.717) is 35.9 Å². The Hall–Kier alpha value is -3.90. The molecule has 1 unspecified atom stereocenters. The number of aliphatic imine (C=N–C) groups is 1. The van der Waals surface area contributed by atoms with Crippen LogP contribution in [0.15, 0.2) is 64.3 Å². The van der Waals surface area contributed by atoms with E-state index >= 15 is 0 Å². The molecule has 1 fully saturated rings. The summed E-state index contributed by atoms with van der Waals surface area (Å²) in [6.07, 6.45) is 2.27. The van der Waals surface area contributed by atoms with E-state index in [4.69, 9.17) is 20.4 Å². The smallest absolute Gasteiger partial charge is 0.282 e. The minimum atomic E-state index is -2.86. The topological polar surface area (TPSA) is 105 Å². The average Bonchev–Trinajstić information content (AvgIpc) is 2.86. The predicted octanol–water partition coefficient (Wildman–Crippen LogP) is 3.13. The van der Waals surface area contributed by atoms with Crippen molar-refractivity contribution in [2.75, 3.05) is 33.4 Å². The highest BCUT2D eigenvalue weighted by atomic mass is 19.3. The molecule has 1 aromatic carbocycles. The molecule has 3 aliphatic rings. The van der Waals surface area contributed by atoms with Gasteiger partial charge in [-0.25, -0.2) is 29.5 Å². The number of rotatable bonds is 6. The van der Waals surface area contributed by atoms with E-state index in [1.807, 2.05) is 6.92 Å². The number of benzene rings is 1. The number of halogens is 3. The molecule has 3 N–H and O–H groups in total. The molecule has 3 aliphatic heterocycles. The number of amides is 1. The molecule has 0 bridgehead atoms. The van der Waals surface area contributed by atoms with Gasteiger partial charge in [0.2, 0.25) is 5.88 Å². The van der Waals surface area contributed by atoms with E-state index < -0.39 is 43.4 Å². The summed E-state index contributed by atoms with van der Waals surface area (Å²) in [5.41, 5.74) is 7.18. The Morgan fingerprint density at radius 2 is 2.05 bits per heavy atom. The van der Waals surface area contributed by atoms with Gasteiger partial charge in [-0.05, 0) is 48.3 Å². The molecule has 5 rings (SSSR count). The van der Waals surface area contributed by atoms with Crippen LogP contribution in [-0.2, 0) is 9.63 Å². The van der Waals surface area contributed by atoms with E-state index in [9.17, 15) is 18.0 Å². The number of nitrogens with zero attached hydrogens (tertiary/aromatic N) is 4. The van der Waals surface area contributed by atoms with E-state index in [1.54, 1.807) is 35.5 Å². The fourth-order valence-corrected chi connectivity index (χ4v) is 4.88. The highest BCUT2D eigenvalue weighted by molar-refractivity contribution is 6.03. The molecule has 0 saturated carbocycles. The number of aromatic nitrogens is 1. The molecule has 1 atom stereocenters. The zero-order chi connectivity index (χ0) is 27.0. The standard InChI is InChI=1S/C26H27F3N6O3/c1-15-10-35(30)11-16-8-21(18-7-6-17(27)9-19(18)20-4-3-5-22(31-20)37-2)32-25(24(15)16)33-38-12-23(36)34-13-26(28,29)14-34/h3-7,9-10,21H,8,11-14,30H2,1-2H3,(H,32,33). The van der Waals surface area contributed by atoms with Crippen LogP contribution in [0.25, 0.3) is 11.3 Å². The SMILES string of the molecule is COc1cccc(-c2cc(F)ccc2C2CC3=C(C(C)=CN(N)C3)C(NOCC(=O)N3CC(F)(F)C3)=N2)n1. The third-order valence-electron chi connectivity index (χ3n) is 6.59. The molecule has 12 heteroatoms. The minimum Gasteiger partial charge on any atom is -0.481 e. The summed E-state index contributed by atoms with van der Waals surface area (Å²) in [6, 6.07) is 9.23. The van der Waals surface area contributed by atoms with Gasteiger partial charge in [0.1, 0.15) is 5.82 Å². The molecular weight excluding hydrogens is 501 g/mol. The fourth-order valence-electron chi connectivity index (χ4n) is 4.88. The average molecular weight is 529 g/mol. The molecule has 1 aromatic heterocycles. The van der Waals surface area contributed by atoms with Crippen LogP contribution in [0.4, 0.5) is 13.2 Å². The Morgan fingerprint density at radius 3 is 2.79 bits per heavy atom. The van der Waals surface area contributed by atoms with Crippen molar-refractivity contribution in [3.63, 3.8) is 0 Å². The number of carbonyl (C=O) groups excluding carboxylic acids is 1. The van der Waals surface area contributed by atoms with Crippen LogP contribution >= 0.6 is 0 Å². The molecule has 1 saturated heterocycles. The summed E-state index contributed by atoms with van der Waals surface area (Å²) >= 11 is 0. The van der Waals surface area contributed by atoms with Gasteiger partial charge in [-0.3, -0.25) is 14.6 Å². The second-order valence-electron chi connectivity index (χ2n) is 9.45. The number of carbonyl (C=O) groups is 1. The lowest BCUT2D eigenvalue weighted by atomic mass is 9.86. The van der Waals surface area contributed by atoms with E-state index in [-0.39, 0.29) is 0 Å². The van der Waals surface area contributed by atoms with E-state index in [2.05, 4.69) is 10.5 Å². The predicted molar refractivity (Wildman–Crippen MR) is 133 cm³/mol. The van der Waals surface area contributed by atoms with Crippen molar-refractivity contribution < 1.29 is 27.5 Å². The zero-order valence-electron chi connectivity index (χ0n) is 20.9. The summed E-state index contributed by atoms with van der Waals surface area (Å²) in [5, 5.41) is 1.57. The van der Waals surface area contributed by atoms with Gasteiger partial charge in [-0.2, -0.15) is 0 Å². The Labute approximate surface area is 217 Å². The highest BCUT2D eigenvalue weighted by Crippen LogP contribution is 2.40. The number of nitrogens with two attached hydrogens (primary N) is 1. The van der Waals surface area contributed by atoms with Crippen molar-refractivity contribution in [2.45, 2.75) is 25.3 Å². The van der Waals surface area contributed by atoms with Gasteiger partial charge in [0.05, 0.1) is 38.5 Å². The lowest BCUT2D eigenvalue weighted by molar-refractivity contribution is -0.170. The molecule has 38 heavy (non-hydrogen) atoms. The number of methoxy groups -OCH3 is 1. The number of alkyl halides is 2. The van der Waals surface area contributed by atoms with Crippen molar-refractivity contribution in [3.8, 4) is 17.1 Å². The maximum Gasteiger partial charge on any atom is 0.282 e. The van der Waals surface area contributed by atoms with Crippen LogP contribution in [0.5, 0.6) is 5.88 Å². The minimum absolute atomic E-state index is 0.369.